The average Bonchev–Trinajstić information content (AvgIpc) is 3.10. The minimum absolute atomic E-state index is 0.177. The molecule has 1 heterocycles. The van der Waals surface area contributed by atoms with Crippen LogP contribution in [0.1, 0.15) is 75.3 Å². The van der Waals surface area contributed by atoms with E-state index >= 15 is 13.2 Å². The standard InChI is InChI=1S/C47H53F3N/c1-34-14-16-35(17-15-34)38-22-28-42(29-23-38)46(47(48,49)50,41-12-10-9-11-13-41)44(4,5)43(2,3)39-24-18-36(19-25-39)37-20-26-40(27-21-37)45(6)30-32-51(7,8)33-31-45/h9-29H,30-33H2,1-8H3/q+1. The molecule has 0 N–H and O–H groups in total. The van der Waals surface area contributed by atoms with Crippen LogP contribution in [-0.4, -0.2) is 37.8 Å². The van der Waals surface area contributed by atoms with E-state index in [2.05, 4.69) is 57.4 Å². The molecule has 0 saturated carbocycles. The second-order valence-corrected chi connectivity index (χ2v) is 16.9. The molecule has 5 aromatic rings. The summed E-state index contributed by atoms with van der Waals surface area (Å²) in [5.74, 6) is 0. The molecule has 0 radical (unpaired) electrons. The number of benzene rings is 5. The number of nitrogens with zero attached hydrogens (tertiary/aromatic N) is 1. The van der Waals surface area contributed by atoms with Crippen molar-refractivity contribution >= 4 is 0 Å². The molecule has 1 saturated heterocycles. The highest BCUT2D eigenvalue weighted by Gasteiger charge is 2.68. The van der Waals surface area contributed by atoms with E-state index in [1.807, 2.05) is 69.3 Å². The van der Waals surface area contributed by atoms with Gasteiger partial charge in [0.1, 0.15) is 5.41 Å². The predicted molar refractivity (Wildman–Crippen MR) is 207 cm³/mol. The van der Waals surface area contributed by atoms with Crippen molar-refractivity contribution in [2.45, 2.75) is 76.8 Å². The zero-order valence-corrected chi connectivity index (χ0v) is 31.5. The number of hydrogen-bond acceptors (Lipinski definition) is 0. The molecule has 0 amide bonds. The number of aryl methyl sites for hydroxylation is 1. The van der Waals surface area contributed by atoms with Crippen molar-refractivity contribution in [1.82, 2.24) is 0 Å². The molecule has 0 bridgehead atoms. The van der Waals surface area contributed by atoms with E-state index in [0.717, 1.165) is 50.7 Å². The van der Waals surface area contributed by atoms with Crippen LogP contribution < -0.4 is 0 Å². The third kappa shape index (κ3) is 6.46. The van der Waals surface area contributed by atoms with Gasteiger partial charge in [-0.25, -0.2) is 0 Å². The SMILES string of the molecule is Cc1ccc(-c2ccc(C(c3ccccc3)(C(F)(F)F)C(C)(C)C(C)(C)c3ccc(-c4ccc(C5(C)CC[N+](C)(C)CC5)cc4)cc3)cc2)cc1. The first-order chi connectivity index (χ1) is 23.9. The molecular formula is C47H53F3N+. The summed E-state index contributed by atoms with van der Waals surface area (Å²) in [5.41, 5.74) is 3.52. The first kappa shape index (κ1) is 36.6. The first-order valence-corrected chi connectivity index (χ1v) is 18.2. The second-order valence-electron chi connectivity index (χ2n) is 16.9. The number of hydrogen-bond donors (Lipinski definition) is 0. The first-order valence-electron chi connectivity index (χ1n) is 18.2. The van der Waals surface area contributed by atoms with Gasteiger partial charge in [0.2, 0.25) is 0 Å². The summed E-state index contributed by atoms with van der Waals surface area (Å²) in [6.45, 7) is 14.3. The largest absolute Gasteiger partial charge is 0.402 e. The molecule has 51 heavy (non-hydrogen) atoms. The maximum Gasteiger partial charge on any atom is 0.402 e. The van der Waals surface area contributed by atoms with E-state index in [4.69, 9.17) is 0 Å². The van der Waals surface area contributed by atoms with Crippen molar-refractivity contribution in [3.63, 3.8) is 0 Å². The van der Waals surface area contributed by atoms with E-state index < -0.39 is 22.4 Å². The summed E-state index contributed by atoms with van der Waals surface area (Å²) in [6.07, 6.45) is -2.28. The molecule has 5 aromatic carbocycles. The van der Waals surface area contributed by atoms with Crippen molar-refractivity contribution in [2.24, 2.45) is 5.41 Å². The molecule has 1 atom stereocenters. The lowest BCUT2D eigenvalue weighted by atomic mass is 9.47. The van der Waals surface area contributed by atoms with Crippen LogP contribution in [0.15, 0.2) is 127 Å². The minimum atomic E-state index is -4.61. The van der Waals surface area contributed by atoms with Crippen LogP contribution in [0.2, 0.25) is 0 Å². The molecule has 1 unspecified atom stereocenters. The van der Waals surface area contributed by atoms with E-state index in [-0.39, 0.29) is 16.5 Å². The van der Waals surface area contributed by atoms with Gasteiger partial charge in [0, 0.05) is 18.3 Å². The van der Waals surface area contributed by atoms with Gasteiger partial charge in [-0.2, -0.15) is 13.2 Å². The maximum atomic E-state index is 16.3. The van der Waals surface area contributed by atoms with Gasteiger partial charge in [0.15, 0.2) is 0 Å². The quantitative estimate of drug-likeness (QED) is 0.142. The Labute approximate surface area is 303 Å². The number of piperidine rings is 1. The topological polar surface area (TPSA) is 0 Å². The number of rotatable bonds is 8. The summed E-state index contributed by atoms with van der Waals surface area (Å²) >= 11 is 0. The molecule has 1 nitrogen and oxygen atoms in total. The summed E-state index contributed by atoms with van der Waals surface area (Å²) in [5, 5.41) is 0. The molecule has 0 aromatic heterocycles. The van der Waals surface area contributed by atoms with Crippen molar-refractivity contribution < 1.29 is 17.7 Å². The fourth-order valence-electron chi connectivity index (χ4n) is 8.52. The third-order valence-electron chi connectivity index (χ3n) is 12.9. The van der Waals surface area contributed by atoms with E-state index in [9.17, 15) is 0 Å². The molecular weight excluding hydrogens is 636 g/mol. The highest BCUT2D eigenvalue weighted by Crippen LogP contribution is 2.63. The Morgan fingerprint density at radius 1 is 0.529 bits per heavy atom. The Morgan fingerprint density at radius 2 is 0.922 bits per heavy atom. The highest BCUT2D eigenvalue weighted by atomic mass is 19.4. The summed E-state index contributed by atoms with van der Waals surface area (Å²) < 4.78 is 49.9. The van der Waals surface area contributed by atoms with Crippen LogP contribution in [0.25, 0.3) is 22.3 Å². The van der Waals surface area contributed by atoms with Crippen LogP contribution in [0, 0.1) is 12.3 Å². The predicted octanol–water partition coefficient (Wildman–Crippen LogP) is 12.3. The van der Waals surface area contributed by atoms with Gasteiger partial charge in [0.25, 0.3) is 0 Å². The Hall–Kier alpha value is -4.15. The summed E-state index contributed by atoms with van der Waals surface area (Å²) in [4.78, 5) is 0. The molecule has 6 rings (SSSR count). The van der Waals surface area contributed by atoms with Crippen molar-refractivity contribution in [1.29, 1.82) is 0 Å². The number of quaternary nitrogens is 1. The monoisotopic (exact) mass is 688 g/mol. The lowest BCUT2D eigenvalue weighted by Gasteiger charge is -2.56. The smallest absolute Gasteiger partial charge is 0.328 e. The van der Waals surface area contributed by atoms with Crippen LogP contribution in [0.5, 0.6) is 0 Å². The fourth-order valence-corrected chi connectivity index (χ4v) is 8.52. The lowest BCUT2D eigenvalue weighted by Crippen LogP contribution is -2.60. The average molecular weight is 689 g/mol. The second kappa shape index (κ2) is 13.1. The van der Waals surface area contributed by atoms with Crippen molar-refractivity contribution in [3.05, 3.63) is 155 Å². The van der Waals surface area contributed by atoms with Gasteiger partial charge in [-0.1, -0.05) is 168 Å². The number of alkyl halides is 3. The van der Waals surface area contributed by atoms with E-state index in [1.165, 1.54) is 18.7 Å². The van der Waals surface area contributed by atoms with Crippen molar-refractivity contribution in [2.75, 3.05) is 27.2 Å². The van der Waals surface area contributed by atoms with Crippen molar-refractivity contribution in [3.8, 4) is 22.3 Å². The van der Waals surface area contributed by atoms with Gasteiger partial charge in [-0.3, -0.25) is 0 Å². The Morgan fingerprint density at radius 3 is 1.37 bits per heavy atom. The van der Waals surface area contributed by atoms with Gasteiger partial charge in [-0.15, -0.1) is 0 Å². The Balaban J connectivity index is 1.37. The van der Waals surface area contributed by atoms with Gasteiger partial charge < -0.3 is 4.48 Å². The molecule has 0 aliphatic carbocycles. The van der Waals surface area contributed by atoms with Gasteiger partial charge in [0.05, 0.1) is 27.2 Å². The van der Waals surface area contributed by atoms with Gasteiger partial charge >= 0.3 is 6.18 Å². The lowest BCUT2D eigenvalue weighted by molar-refractivity contribution is -0.896. The number of halogens is 3. The number of likely N-dealkylation sites (tertiary alicyclic amines) is 1. The minimum Gasteiger partial charge on any atom is -0.328 e. The zero-order chi connectivity index (χ0) is 36.9. The molecule has 1 aliphatic heterocycles. The molecule has 266 valence electrons. The van der Waals surface area contributed by atoms with Crippen LogP contribution in [-0.2, 0) is 16.2 Å². The van der Waals surface area contributed by atoms with Gasteiger partial charge in [-0.05, 0) is 62.3 Å². The summed E-state index contributed by atoms with van der Waals surface area (Å²) in [7, 11) is 4.62. The molecule has 1 fully saturated rings. The maximum absolute atomic E-state index is 16.3. The van der Waals surface area contributed by atoms with E-state index in [1.54, 1.807) is 56.3 Å². The normalized spacial score (nSPS) is 17.5. The third-order valence-corrected chi connectivity index (χ3v) is 12.9. The molecule has 1 aliphatic rings. The fraction of sp³-hybridized carbons (Fsp3) is 0.362. The van der Waals surface area contributed by atoms with Crippen LogP contribution in [0.3, 0.4) is 0 Å². The van der Waals surface area contributed by atoms with Crippen LogP contribution in [0.4, 0.5) is 13.2 Å². The Bertz CT molecular complexity index is 1920. The van der Waals surface area contributed by atoms with Crippen LogP contribution >= 0.6 is 0 Å². The van der Waals surface area contributed by atoms with E-state index in [0.29, 0.717) is 0 Å². The Kier molecular flexibility index (Phi) is 9.42. The zero-order valence-electron chi connectivity index (χ0n) is 31.5. The summed E-state index contributed by atoms with van der Waals surface area (Å²) in [6, 6.07) is 40.7. The molecule has 4 heteroatoms. The molecule has 0 spiro atoms. The highest BCUT2D eigenvalue weighted by molar-refractivity contribution is 5.66.